The Bertz CT molecular complexity index is 502. The first-order valence-corrected chi connectivity index (χ1v) is 9.31. The third-order valence-electron chi connectivity index (χ3n) is 5.27. The van der Waals surface area contributed by atoms with E-state index in [2.05, 4.69) is 4.74 Å². The van der Waals surface area contributed by atoms with E-state index in [0.29, 0.717) is 0 Å². The average molecular weight is 400 g/mol. The Morgan fingerprint density at radius 2 is 1.64 bits per heavy atom. The number of ether oxygens (including phenoxy) is 1. The Kier molecular flexibility index (Phi) is 6.80. The number of halogens is 2. The monoisotopic (exact) mass is 399 g/mol. The van der Waals surface area contributed by atoms with Gasteiger partial charge < -0.3 is 25.2 Å². The summed E-state index contributed by atoms with van der Waals surface area (Å²) >= 11 is 11.7. The molecule has 3 heterocycles. The van der Waals surface area contributed by atoms with Crippen molar-refractivity contribution >= 4 is 29.2 Å². The van der Waals surface area contributed by atoms with Gasteiger partial charge in [0.05, 0.1) is 31.5 Å². The van der Waals surface area contributed by atoms with E-state index >= 15 is 0 Å². The number of esters is 1. The van der Waals surface area contributed by atoms with Gasteiger partial charge in [-0.15, -0.1) is 23.2 Å². The maximum Gasteiger partial charge on any atom is 0.327 e. The Morgan fingerprint density at radius 1 is 1.16 bits per heavy atom. The van der Waals surface area contributed by atoms with E-state index in [9.17, 15) is 9.90 Å². The summed E-state index contributed by atoms with van der Waals surface area (Å²) in [5, 5.41) is 36.8. The number of nitrogens with zero attached hydrogens (tertiary/aromatic N) is 2. The van der Waals surface area contributed by atoms with E-state index in [1.54, 1.807) is 0 Å². The fourth-order valence-electron chi connectivity index (χ4n) is 3.75. The molecule has 0 radical (unpaired) electrons. The maximum absolute atomic E-state index is 10.6. The molecule has 3 aliphatic heterocycles. The molecule has 2 unspecified atom stereocenters. The second kappa shape index (κ2) is 8.28. The highest BCUT2D eigenvalue weighted by atomic mass is 35.5. The molecule has 2 bridgehead atoms. The molecule has 0 aliphatic carbocycles. The van der Waals surface area contributed by atoms with Gasteiger partial charge >= 0.3 is 5.97 Å². The lowest BCUT2D eigenvalue weighted by molar-refractivity contribution is -0.985. The van der Waals surface area contributed by atoms with Gasteiger partial charge in [-0.3, -0.25) is 8.97 Å². The third-order valence-corrected chi connectivity index (χ3v) is 5.61. The van der Waals surface area contributed by atoms with Crippen molar-refractivity contribution in [1.29, 1.82) is 0 Å². The summed E-state index contributed by atoms with van der Waals surface area (Å²) in [5.41, 5.74) is 0. The second-order valence-electron chi connectivity index (χ2n) is 6.83. The van der Waals surface area contributed by atoms with Crippen LogP contribution in [0.1, 0.15) is 0 Å². The van der Waals surface area contributed by atoms with Crippen LogP contribution in [-0.4, -0.2) is 107 Å². The topological polar surface area (TPSA) is 110 Å². The van der Waals surface area contributed by atoms with Gasteiger partial charge in [0, 0.05) is 5.76 Å². The average Bonchev–Trinajstić information content (AvgIpc) is 3.21. The Morgan fingerprint density at radius 3 is 1.96 bits per heavy atom. The Hall–Kier alpha value is -0.770. The van der Waals surface area contributed by atoms with Crippen LogP contribution in [0.4, 0.5) is 0 Å². The van der Waals surface area contributed by atoms with Gasteiger partial charge in [0.2, 0.25) is 6.67 Å². The molecule has 25 heavy (non-hydrogen) atoms. The highest BCUT2D eigenvalue weighted by Gasteiger charge is 2.54. The summed E-state index contributed by atoms with van der Waals surface area (Å²) in [5.74, 6) is -1.64. The Labute approximate surface area is 156 Å². The number of quaternary nitrogens is 2. The molecule has 10 heteroatoms. The van der Waals surface area contributed by atoms with Crippen LogP contribution in [0.5, 0.6) is 0 Å². The van der Waals surface area contributed by atoms with Crippen molar-refractivity contribution in [1.82, 2.24) is 0 Å². The van der Waals surface area contributed by atoms with Crippen LogP contribution < -0.4 is 5.11 Å². The van der Waals surface area contributed by atoms with Crippen LogP contribution in [0, 0.1) is 0 Å². The molecule has 0 saturated carbocycles. The fraction of sp³-hybridized carbons (Fsp3) is 0.800. The zero-order chi connectivity index (χ0) is 18.7. The molecule has 0 spiro atoms. The highest BCUT2D eigenvalue weighted by Crippen LogP contribution is 2.31. The summed E-state index contributed by atoms with van der Waals surface area (Å²) in [6.07, 6.45) is -2.88. The molecule has 8 nitrogen and oxygen atoms in total. The molecule has 144 valence electrons. The van der Waals surface area contributed by atoms with E-state index in [1.807, 2.05) is 0 Å². The summed E-state index contributed by atoms with van der Waals surface area (Å²) in [6.45, 7) is 8.20. The number of cyclic esters (lactones) is 1. The molecule has 2 atom stereocenters. The van der Waals surface area contributed by atoms with Gasteiger partial charge in [0.15, 0.2) is 6.10 Å². The number of aliphatic hydroxyl groups excluding tert-OH is 3. The van der Waals surface area contributed by atoms with E-state index < -0.39 is 36.3 Å². The van der Waals surface area contributed by atoms with E-state index in [4.69, 9.17) is 38.5 Å². The minimum Gasteiger partial charge on any atom is -0.865 e. The number of hydrogen-bond acceptors (Lipinski definition) is 6. The largest absolute Gasteiger partial charge is 0.865 e. The molecule has 2 saturated heterocycles. The predicted octanol–water partition coefficient (Wildman–Crippen LogP) is -1.52. The Balaban J connectivity index is 0.000000181. The summed E-state index contributed by atoms with van der Waals surface area (Å²) in [6, 6.07) is 0. The van der Waals surface area contributed by atoms with E-state index in [1.165, 1.54) is 41.8 Å². The zero-order valence-electron chi connectivity index (χ0n) is 13.9. The van der Waals surface area contributed by atoms with Crippen LogP contribution in [-0.2, 0) is 9.53 Å². The summed E-state index contributed by atoms with van der Waals surface area (Å²) < 4.78 is 6.78. The van der Waals surface area contributed by atoms with E-state index in [0.717, 1.165) is 24.8 Å². The van der Waals surface area contributed by atoms with Gasteiger partial charge in [-0.25, -0.2) is 4.79 Å². The second-order valence-corrected chi connectivity index (χ2v) is 7.59. The maximum atomic E-state index is 10.6. The van der Waals surface area contributed by atoms with Gasteiger partial charge in [-0.1, -0.05) is 0 Å². The number of hydrogen-bond donors (Lipinski definition) is 3. The molecule has 3 rings (SSSR count). The predicted molar refractivity (Wildman–Crippen MR) is 88.7 cm³/mol. The number of carbonyl (C=O) groups is 1. The molecular formula is C15H25Cl2N2O6+. The van der Waals surface area contributed by atoms with Crippen LogP contribution in [0.15, 0.2) is 11.5 Å². The SMILES string of the molecule is ClCC[N+]12CC[N+](CCCl)(CC1)C2.O=C1OC(C(O)CO)C(O)=C1[O-]. The first-order valence-electron chi connectivity index (χ1n) is 8.24. The molecule has 0 amide bonds. The van der Waals surface area contributed by atoms with Crippen molar-refractivity contribution in [3.63, 3.8) is 0 Å². The standard InChI is InChI=1S/C9H18Cl2N2.C6H8O6/c10-1-3-12-5-7-13(9-12,4-2-11)8-6-12;7-1-2(8)5-3(9)4(10)6(11)12-5/h1-9H2;2,5,7-10H,1H2/q+2;/p-1. The lowest BCUT2D eigenvalue weighted by atomic mass is 10.2. The van der Waals surface area contributed by atoms with Crippen molar-refractivity contribution in [2.24, 2.45) is 0 Å². The van der Waals surface area contributed by atoms with Crippen molar-refractivity contribution in [2.45, 2.75) is 12.2 Å². The van der Waals surface area contributed by atoms with Crippen molar-refractivity contribution in [3.05, 3.63) is 11.5 Å². The number of alkyl halides is 2. The zero-order valence-corrected chi connectivity index (χ0v) is 15.5. The number of aliphatic hydroxyl groups is 3. The lowest BCUT2D eigenvalue weighted by Crippen LogP contribution is -2.48. The molecule has 3 aliphatic rings. The minimum absolute atomic E-state index is 0.699. The van der Waals surface area contributed by atoms with Gasteiger partial charge in [-0.2, -0.15) is 0 Å². The first kappa shape index (κ1) is 20.5. The fourth-order valence-corrected chi connectivity index (χ4v) is 4.47. The molecule has 3 N–H and O–H groups in total. The number of carbonyl (C=O) groups excluding carboxylic acids is 1. The highest BCUT2D eigenvalue weighted by molar-refractivity contribution is 6.18. The quantitative estimate of drug-likeness (QED) is 0.284. The van der Waals surface area contributed by atoms with Crippen LogP contribution in [0.3, 0.4) is 0 Å². The molecular weight excluding hydrogens is 375 g/mol. The summed E-state index contributed by atoms with van der Waals surface area (Å²) in [7, 11) is 0. The van der Waals surface area contributed by atoms with Gasteiger partial charge in [0.1, 0.15) is 38.0 Å². The first-order chi connectivity index (χ1) is 11.8. The smallest absolute Gasteiger partial charge is 0.327 e. The van der Waals surface area contributed by atoms with Gasteiger partial charge in [-0.05, 0) is 0 Å². The van der Waals surface area contributed by atoms with Crippen LogP contribution >= 0.6 is 23.2 Å². The number of rotatable bonds is 6. The number of piperazine rings is 1. The van der Waals surface area contributed by atoms with Crippen LogP contribution in [0.2, 0.25) is 0 Å². The van der Waals surface area contributed by atoms with Gasteiger partial charge in [0.25, 0.3) is 0 Å². The van der Waals surface area contributed by atoms with Crippen molar-refractivity contribution < 1.29 is 38.9 Å². The van der Waals surface area contributed by atoms with Crippen molar-refractivity contribution in [3.8, 4) is 0 Å². The number of fused-ring (bicyclic) bond motifs is 2. The molecule has 0 aromatic heterocycles. The summed E-state index contributed by atoms with van der Waals surface area (Å²) in [4.78, 5) is 10.5. The van der Waals surface area contributed by atoms with E-state index in [-0.39, 0.29) is 0 Å². The molecule has 0 aromatic rings. The lowest BCUT2D eigenvalue weighted by Gasteiger charge is -2.26. The van der Waals surface area contributed by atoms with Crippen molar-refractivity contribution in [2.75, 3.05) is 64.3 Å². The molecule has 2 fully saturated rings. The third kappa shape index (κ3) is 4.32. The molecule has 0 aromatic carbocycles. The minimum atomic E-state index is -1.46. The van der Waals surface area contributed by atoms with Crippen LogP contribution in [0.25, 0.3) is 0 Å². The normalized spacial score (nSPS) is 34.7.